The molecule has 1 aromatic rings. The molecule has 7 heteroatoms. The van der Waals surface area contributed by atoms with Gasteiger partial charge in [0.1, 0.15) is 0 Å². The SMILES string of the molecule is CCCCCCCC(Cl)C(Cl)(Cl)C(Cl)(Cl)SSc1ccccc1. The molecule has 132 valence electrons. The van der Waals surface area contributed by atoms with Gasteiger partial charge in [-0.05, 0) is 29.3 Å². The van der Waals surface area contributed by atoms with Crippen molar-refractivity contribution in [3.63, 3.8) is 0 Å². The van der Waals surface area contributed by atoms with Crippen LogP contribution in [-0.2, 0) is 0 Å². The van der Waals surface area contributed by atoms with Crippen molar-refractivity contribution in [3.05, 3.63) is 30.3 Å². The molecular weight excluding hydrogens is 434 g/mol. The summed E-state index contributed by atoms with van der Waals surface area (Å²) in [6, 6.07) is 9.78. The minimum Gasteiger partial charge on any atom is -0.120 e. The number of hydrogen-bond donors (Lipinski definition) is 0. The third-order valence-electron chi connectivity index (χ3n) is 3.33. The van der Waals surface area contributed by atoms with E-state index in [9.17, 15) is 0 Å². The van der Waals surface area contributed by atoms with Crippen LogP contribution in [0.15, 0.2) is 35.2 Å². The van der Waals surface area contributed by atoms with E-state index in [0.29, 0.717) is 6.42 Å². The van der Waals surface area contributed by atoms with Crippen molar-refractivity contribution in [1.82, 2.24) is 0 Å². The van der Waals surface area contributed by atoms with Crippen molar-refractivity contribution in [2.24, 2.45) is 0 Å². The topological polar surface area (TPSA) is 0 Å². The maximum atomic E-state index is 6.42. The van der Waals surface area contributed by atoms with Crippen molar-refractivity contribution < 1.29 is 0 Å². The minimum absolute atomic E-state index is 0.508. The summed E-state index contributed by atoms with van der Waals surface area (Å²) in [5.74, 6) is 0. The van der Waals surface area contributed by atoms with Gasteiger partial charge in [-0.1, -0.05) is 114 Å². The van der Waals surface area contributed by atoms with E-state index in [4.69, 9.17) is 58.0 Å². The van der Waals surface area contributed by atoms with Crippen LogP contribution in [0.2, 0.25) is 0 Å². The predicted molar refractivity (Wildman–Crippen MR) is 112 cm³/mol. The molecule has 1 unspecified atom stereocenters. The van der Waals surface area contributed by atoms with Crippen molar-refractivity contribution in [1.29, 1.82) is 0 Å². The third-order valence-corrected chi connectivity index (χ3v) is 10.1. The lowest BCUT2D eigenvalue weighted by Gasteiger charge is -2.35. The first-order valence-electron chi connectivity index (χ1n) is 7.61. The summed E-state index contributed by atoms with van der Waals surface area (Å²) in [5, 5.41) is -0.508. The Kier molecular flexibility index (Phi) is 10.9. The Morgan fingerprint density at radius 3 is 2.17 bits per heavy atom. The molecule has 0 saturated carbocycles. The van der Waals surface area contributed by atoms with Crippen molar-refractivity contribution >= 4 is 79.6 Å². The van der Waals surface area contributed by atoms with Gasteiger partial charge in [0, 0.05) is 4.90 Å². The molecule has 1 atom stereocenters. The van der Waals surface area contributed by atoms with Crippen LogP contribution in [-0.4, -0.2) is 13.4 Å². The quantitative estimate of drug-likeness (QED) is 0.186. The van der Waals surface area contributed by atoms with Crippen LogP contribution in [0.25, 0.3) is 0 Å². The second-order valence-electron chi connectivity index (χ2n) is 5.29. The summed E-state index contributed by atoms with van der Waals surface area (Å²) in [6.07, 6.45) is 6.41. The van der Waals surface area contributed by atoms with E-state index >= 15 is 0 Å². The zero-order chi connectivity index (χ0) is 17.3. The number of alkyl halides is 5. The molecule has 0 aliphatic rings. The minimum atomic E-state index is -1.44. The smallest absolute Gasteiger partial charge is 0.120 e. The number of benzene rings is 1. The Balaban J connectivity index is 2.50. The highest BCUT2D eigenvalue weighted by molar-refractivity contribution is 8.77. The van der Waals surface area contributed by atoms with Gasteiger partial charge in [-0.25, -0.2) is 0 Å². The molecule has 0 spiro atoms. The molecule has 0 aliphatic heterocycles. The van der Waals surface area contributed by atoms with Crippen molar-refractivity contribution in [3.8, 4) is 0 Å². The molecule has 1 rings (SSSR count). The molecule has 23 heavy (non-hydrogen) atoms. The maximum absolute atomic E-state index is 6.42. The first kappa shape index (κ1) is 22.4. The molecule has 0 aromatic heterocycles. The van der Waals surface area contributed by atoms with E-state index in [0.717, 1.165) is 17.7 Å². The molecular formula is C16H21Cl5S2. The number of unbranched alkanes of at least 4 members (excludes halogenated alkanes) is 4. The van der Waals surface area contributed by atoms with Crippen molar-refractivity contribution in [2.75, 3.05) is 0 Å². The largest absolute Gasteiger partial charge is 0.207 e. The van der Waals surface area contributed by atoms with Gasteiger partial charge in [-0.15, -0.1) is 11.6 Å². The summed E-state index contributed by atoms with van der Waals surface area (Å²) >= 11 is 32.0. The molecule has 0 heterocycles. The van der Waals surface area contributed by atoms with Gasteiger partial charge >= 0.3 is 0 Å². The van der Waals surface area contributed by atoms with Gasteiger partial charge in [0.15, 0.2) is 4.33 Å². The van der Waals surface area contributed by atoms with Crippen LogP contribution in [0.5, 0.6) is 0 Å². The maximum Gasteiger partial charge on any atom is 0.207 e. The molecule has 0 radical (unpaired) electrons. The monoisotopic (exact) mass is 452 g/mol. The number of halogens is 5. The van der Waals surface area contributed by atoms with E-state index in [1.54, 1.807) is 0 Å². The van der Waals surface area contributed by atoms with Gasteiger partial charge in [0.25, 0.3) is 0 Å². The van der Waals surface area contributed by atoms with E-state index in [-0.39, 0.29) is 0 Å². The lowest BCUT2D eigenvalue weighted by molar-refractivity contribution is 0.572. The summed E-state index contributed by atoms with van der Waals surface area (Å²) in [6.45, 7) is 2.18. The van der Waals surface area contributed by atoms with Gasteiger partial charge < -0.3 is 0 Å². The van der Waals surface area contributed by atoms with Crippen LogP contribution < -0.4 is 0 Å². The number of hydrogen-bond acceptors (Lipinski definition) is 2. The fraction of sp³-hybridized carbons (Fsp3) is 0.625. The molecule has 0 amide bonds. The lowest BCUT2D eigenvalue weighted by atomic mass is 10.1. The van der Waals surface area contributed by atoms with Gasteiger partial charge in [0.2, 0.25) is 3.67 Å². The average Bonchev–Trinajstić information content (AvgIpc) is 2.53. The highest BCUT2D eigenvalue weighted by Gasteiger charge is 2.52. The number of rotatable bonds is 11. The standard InChI is InChI=1S/C16H21Cl5S2/c1-2-3-4-5-9-12-14(17)15(18,19)16(20,21)23-22-13-10-7-6-8-11-13/h6-8,10-11,14H,2-5,9,12H2,1H3. The summed E-state index contributed by atoms with van der Waals surface area (Å²) in [5.41, 5.74) is 0. The summed E-state index contributed by atoms with van der Waals surface area (Å²) in [7, 11) is 2.65. The molecule has 0 N–H and O–H groups in total. The Labute approximate surface area is 172 Å². The third kappa shape index (κ3) is 7.64. The Hall–Kier alpha value is 1.37. The molecule has 0 fully saturated rings. The van der Waals surface area contributed by atoms with Crippen LogP contribution in [0.4, 0.5) is 0 Å². The van der Waals surface area contributed by atoms with Crippen LogP contribution in [0, 0.1) is 0 Å². The highest BCUT2D eigenvalue weighted by Crippen LogP contribution is 2.58. The van der Waals surface area contributed by atoms with E-state index in [1.165, 1.54) is 40.9 Å². The first-order chi connectivity index (χ1) is 10.8. The Bertz CT molecular complexity index is 439. The zero-order valence-electron chi connectivity index (χ0n) is 12.9. The summed E-state index contributed by atoms with van der Waals surface area (Å²) < 4.78 is -2.85. The molecule has 0 saturated heterocycles. The van der Waals surface area contributed by atoms with Gasteiger partial charge in [0.05, 0.1) is 5.38 Å². The molecule has 1 aromatic carbocycles. The molecule has 0 nitrogen and oxygen atoms in total. The average molecular weight is 455 g/mol. The Morgan fingerprint density at radius 1 is 0.957 bits per heavy atom. The summed E-state index contributed by atoms with van der Waals surface area (Å²) in [4.78, 5) is 1.03. The fourth-order valence-corrected chi connectivity index (χ4v) is 6.02. The van der Waals surface area contributed by atoms with E-state index < -0.39 is 13.4 Å². The molecule has 0 bridgehead atoms. The van der Waals surface area contributed by atoms with Crippen molar-refractivity contribution in [2.45, 2.75) is 63.7 Å². The molecule has 0 aliphatic carbocycles. The van der Waals surface area contributed by atoms with Gasteiger partial charge in [-0.3, -0.25) is 0 Å². The van der Waals surface area contributed by atoms with E-state index in [1.807, 2.05) is 30.3 Å². The predicted octanol–water partition coefficient (Wildman–Crippen LogP) is 8.70. The lowest BCUT2D eigenvalue weighted by Crippen LogP contribution is -2.41. The zero-order valence-corrected chi connectivity index (χ0v) is 18.3. The second kappa shape index (κ2) is 11.2. The first-order valence-corrected chi connectivity index (χ1v) is 11.7. The van der Waals surface area contributed by atoms with E-state index in [2.05, 4.69) is 6.92 Å². The van der Waals surface area contributed by atoms with Gasteiger partial charge in [-0.2, -0.15) is 0 Å². The van der Waals surface area contributed by atoms with Crippen LogP contribution >= 0.6 is 79.6 Å². The highest BCUT2D eigenvalue weighted by atomic mass is 35.5. The fourth-order valence-electron chi connectivity index (χ4n) is 1.92. The van der Waals surface area contributed by atoms with Crippen LogP contribution in [0.1, 0.15) is 45.4 Å². The Morgan fingerprint density at radius 2 is 1.57 bits per heavy atom. The van der Waals surface area contributed by atoms with Crippen LogP contribution in [0.3, 0.4) is 0 Å². The normalized spacial score (nSPS) is 14.0. The second-order valence-corrected chi connectivity index (χ2v) is 11.4.